The number of carbonyl (C=O) groups excluding carboxylic acids is 1. The highest BCUT2D eigenvalue weighted by molar-refractivity contribution is 7.92. The Bertz CT molecular complexity index is 680. The molecule has 1 rings (SSSR count). The second kappa shape index (κ2) is 10.2. The van der Waals surface area contributed by atoms with Gasteiger partial charge in [0.15, 0.2) is 0 Å². The van der Waals surface area contributed by atoms with Crippen LogP contribution in [0.3, 0.4) is 0 Å². The third-order valence-corrected chi connectivity index (χ3v) is 5.95. The number of benzene rings is 1. The Hall–Kier alpha value is -0.980. The van der Waals surface area contributed by atoms with E-state index < -0.39 is 10.0 Å². The molecule has 1 aromatic rings. The molecule has 0 bridgehead atoms. The Labute approximate surface area is 160 Å². The number of unbranched alkanes of at least 4 members (excludes halogenated alkanes) is 1. The van der Waals surface area contributed by atoms with Crippen LogP contribution in [-0.4, -0.2) is 33.7 Å². The highest BCUT2D eigenvalue weighted by Crippen LogP contribution is 2.33. The van der Waals surface area contributed by atoms with Gasteiger partial charge in [0.2, 0.25) is 15.9 Å². The summed E-state index contributed by atoms with van der Waals surface area (Å²) in [7, 11) is -3.68. The summed E-state index contributed by atoms with van der Waals surface area (Å²) >= 11 is 12.1. The molecule has 0 aliphatic heterocycles. The van der Waals surface area contributed by atoms with Crippen LogP contribution in [0.15, 0.2) is 18.2 Å². The number of hydrogen-bond acceptors (Lipinski definition) is 3. The molecule has 0 radical (unpaired) electrons. The van der Waals surface area contributed by atoms with E-state index >= 15 is 0 Å². The number of nitrogens with one attached hydrogen (secondary N) is 1. The fourth-order valence-electron chi connectivity index (χ4n) is 2.45. The van der Waals surface area contributed by atoms with Crippen molar-refractivity contribution in [3.63, 3.8) is 0 Å². The Kier molecular flexibility index (Phi) is 9.03. The molecule has 0 saturated carbocycles. The fraction of sp³-hybridized carbons (Fsp3) is 0.588. The SMILES string of the molecule is CCCCC(CC)CNC(=O)CN(c1cccc(Cl)c1Cl)S(C)(=O)=O. The number of nitrogens with zero attached hydrogens (tertiary/aromatic N) is 1. The topological polar surface area (TPSA) is 66.5 Å². The average Bonchev–Trinajstić information content (AvgIpc) is 2.55. The molecule has 5 nitrogen and oxygen atoms in total. The van der Waals surface area contributed by atoms with Gasteiger partial charge in [-0.25, -0.2) is 8.42 Å². The Morgan fingerprint density at radius 2 is 1.96 bits per heavy atom. The summed E-state index contributed by atoms with van der Waals surface area (Å²) in [4.78, 5) is 12.3. The second-order valence-electron chi connectivity index (χ2n) is 6.06. The zero-order valence-electron chi connectivity index (χ0n) is 14.9. The molecular weight excluding hydrogens is 383 g/mol. The van der Waals surface area contributed by atoms with E-state index in [0.717, 1.165) is 36.2 Å². The summed E-state index contributed by atoms with van der Waals surface area (Å²) in [5, 5.41) is 3.17. The van der Waals surface area contributed by atoms with Gasteiger partial charge in [-0.3, -0.25) is 9.10 Å². The normalized spacial score (nSPS) is 12.7. The number of amides is 1. The van der Waals surface area contributed by atoms with Gasteiger partial charge in [-0.15, -0.1) is 0 Å². The van der Waals surface area contributed by atoms with E-state index in [-0.39, 0.29) is 28.2 Å². The van der Waals surface area contributed by atoms with E-state index in [4.69, 9.17) is 23.2 Å². The first kappa shape index (κ1) is 22.1. The molecule has 25 heavy (non-hydrogen) atoms. The van der Waals surface area contributed by atoms with Gasteiger partial charge >= 0.3 is 0 Å². The van der Waals surface area contributed by atoms with Crippen molar-refractivity contribution in [1.82, 2.24) is 5.32 Å². The van der Waals surface area contributed by atoms with Crippen LogP contribution in [0.4, 0.5) is 5.69 Å². The molecule has 0 saturated heterocycles. The van der Waals surface area contributed by atoms with Crippen molar-refractivity contribution >= 4 is 44.8 Å². The van der Waals surface area contributed by atoms with Crippen LogP contribution in [0.5, 0.6) is 0 Å². The van der Waals surface area contributed by atoms with Crippen molar-refractivity contribution in [3.8, 4) is 0 Å². The molecule has 0 heterocycles. The average molecular weight is 409 g/mol. The van der Waals surface area contributed by atoms with E-state index in [1.807, 2.05) is 0 Å². The van der Waals surface area contributed by atoms with Crippen molar-refractivity contribution in [3.05, 3.63) is 28.2 Å². The van der Waals surface area contributed by atoms with Crippen molar-refractivity contribution in [2.24, 2.45) is 5.92 Å². The fourth-order valence-corrected chi connectivity index (χ4v) is 3.76. The van der Waals surface area contributed by atoms with Gasteiger partial charge in [-0.1, -0.05) is 62.4 Å². The van der Waals surface area contributed by atoms with E-state index in [9.17, 15) is 13.2 Å². The highest BCUT2D eigenvalue weighted by atomic mass is 35.5. The Morgan fingerprint density at radius 3 is 2.52 bits per heavy atom. The van der Waals surface area contributed by atoms with Crippen LogP contribution < -0.4 is 9.62 Å². The molecular formula is C17H26Cl2N2O3S. The van der Waals surface area contributed by atoms with Gasteiger partial charge in [0, 0.05) is 6.54 Å². The minimum Gasteiger partial charge on any atom is -0.354 e. The maximum absolute atomic E-state index is 12.3. The van der Waals surface area contributed by atoms with Crippen LogP contribution in [0.25, 0.3) is 0 Å². The summed E-state index contributed by atoms with van der Waals surface area (Å²) in [6, 6.07) is 4.68. The van der Waals surface area contributed by atoms with Gasteiger partial charge < -0.3 is 5.32 Å². The van der Waals surface area contributed by atoms with E-state index in [1.54, 1.807) is 12.1 Å². The molecule has 0 aromatic heterocycles. The smallest absolute Gasteiger partial charge is 0.240 e. The third-order valence-electron chi connectivity index (χ3n) is 4.02. The van der Waals surface area contributed by atoms with Crippen LogP contribution in [-0.2, 0) is 14.8 Å². The largest absolute Gasteiger partial charge is 0.354 e. The lowest BCUT2D eigenvalue weighted by atomic mass is 9.99. The van der Waals surface area contributed by atoms with Gasteiger partial charge in [-0.2, -0.15) is 0 Å². The first-order chi connectivity index (χ1) is 11.7. The molecule has 1 amide bonds. The third kappa shape index (κ3) is 7.04. The maximum Gasteiger partial charge on any atom is 0.240 e. The van der Waals surface area contributed by atoms with Crippen molar-refractivity contribution in [2.45, 2.75) is 39.5 Å². The van der Waals surface area contributed by atoms with Crippen molar-refractivity contribution < 1.29 is 13.2 Å². The van der Waals surface area contributed by atoms with Gasteiger partial charge in [0.1, 0.15) is 6.54 Å². The maximum atomic E-state index is 12.3. The Morgan fingerprint density at radius 1 is 1.28 bits per heavy atom. The van der Waals surface area contributed by atoms with E-state index in [2.05, 4.69) is 19.2 Å². The van der Waals surface area contributed by atoms with Gasteiger partial charge in [0.05, 0.1) is 22.0 Å². The van der Waals surface area contributed by atoms with E-state index in [1.165, 1.54) is 6.07 Å². The molecule has 8 heteroatoms. The molecule has 1 aromatic carbocycles. The summed E-state index contributed by atoms with van der Waals surface area (Å²) in [6.07, 6.45) is 5.27. The monoisotopic (exact) mass is 408 g/mol. The number of hydrogen-bond donors (Lipinski definition) is 1. The molecule has 0 spiro atoms. The van der Waals surface area contributed by atoms with E-state index in [0.29, 0.717) is 12.5 Å². The Balaban J connectivity index is 2.83. The van der Waals surface area contributed by atoms with Gasteiger partial charge in [-0.05, 0) is 24.5 Å². The van der Waals surface area contributed by atoms with Crippen LogP contribution in [0, 0.1) is 5.92 Å². The highest BCUT2D eigenvalue weighted by Gasteiger charge is 2.24. The van der Waals surface area contributed by atoms with Gasteiger partial charge in [0.25, 0.3) is 0 Å². The molecule has 1 unspecified atom stereocenters. The minimum absolute atomic E-state index is 0.108. The first-order valence-corrected chi connectivity index (χ1v) is 11.0. The number of carbonyl (C=O) groups is 1. The first-order valence-electron chi connectivity index (χ1n) is 8.39. The van der Waals surface area contributed by atoms with Crippen LogP contribution >= 0.6 is 23.2 Å². The summed E-state index contributed by atoms with van der Waals surface area (Å²) in [5.41, 5.74) is 0.199. The number of halogens is 2. The molecule has 142 valence electrons. The van der Waals surface area contributed by atoms with Crippen molar-refractivity contribution in [1.29, 1.82) is 0 Å². The molecule has 0 aliphatic rings. The van der Waals surface area contributed by atoms with Crippen LogP contribution in [0.1, 0.15) is 39.5 Å². The van der Waals surface area contributed by atoms with Crippen molar-refractivity contribution in [2.75, 3.05) is 23.7 Å². The zero-order valence-corrected chi connectivity index (χ0v) is 17.2. The zero-order chi connectivity index (χ0) is 19.0. The summed E-state index contributed by atoms with van der Waals surface area (Å²) in [5.74, 6) is 0.0294. The molecule has 1 N–H and O–H groups in total. The number of anilines is 1. The number of rotatable bonds is 10. The molecule has 1 atom stereocenters. The summed E-state index contributed by atoms with van der Waals surface area (Å²) < 4.78 is 25.2. The minimum atomic E-state index is -3.68. The quantitative estimate of drug-likeness (QED) is 0.633. The lowest BCUT2D eigenvalue weighted by Crippen LogP contribution is -2.41. The number of sulfonamides is 1. The predicted molar refractivity (Wildman–Crippen MR) is 105 cm³/mol. The lowest BCUT2D eigenvalue weighted by Gasteiger charge is -2.24. The van der Waals surface area contributed by atoms with Crippen LogP contribution in [0.2, 0.25) is 10.0 Å². The lowest BCUT2D eigenvalue weighted by molar-refractivity contribution is -0.119. The molecule has 0 fully saturated rings. The predicted octanol–water partition coefficient (Wildman–Crippen LogP) is 4.09. The molecule has 0 aliphatic carbocycles. The second-order valence-corrected chi connectivity index (χ2v) is 8.76. The standard InChI is InChI=1S/C17H26Cl2N2O3S/c1-4-6-8-13(5-2)11-20-16(22)12-21(25(3,23)24)15-10-7-9-14(18)17(15)19/h7,9-10,13H,4-6,8,11-12H2,1-3H3,(H,20,22). The summed E-state index contributed by atoms with van der Waals surface area (Å²) in [6.45, 7) is 4.42.